The highest BCUT2D eigenvalue weighted by atomic mass is 19.1. The number of piperidine rings is 1. The molecule has 2 heterocycles. The van der Waals surface area contributed by atoms with Gasteiger partial charge >= 0.3 is 0 Å². The third-order valence-electron chi connectivity index (χ3n) is 6.01. The van der Waals surface area contributed by atoms with E-state index < -0.39 is 0 Å². The maximum atomic E-state index is 13.1. The fourth-order valence-corrected chi connectivity index (χ4v) is 4.24. The van der Waals surface area contributed by atoms with Gasteiger partial charge in [-0.3, -0.25) is 0 Å². The van der Waals surface area contributed by atoms with Crippen molar-refractivity contribution in [3.8, 4) is 28.6 Å². The van der Waals surface area contributed by atoms with Crippen LogP contribution in [0.4, 0.5) is 4.39 Å². The number of furan rings is 1. The molecule has 3 aromatic carbocycles. The first kappa shape index (κ1) is 21.5. The Hall–Kier alpha value is -3.31. The van der Waals surface area contributed by atoms with Gasteiger partial charge in [0.2, 0.25) is 0 Å². The Morgan fingerprint density at radius 1 is 0.788 bits per heavy atom. The number of hydrogen-bond donors (Lipinski definition) is 0. The third kappa shape index (κ3) is 5.55. The normalized spacial score (nSPS) is 14.5. The summed E-state index contributed by atoms with van der Waals surface area (Å²) in [4.78, 5) is 2.54. The van der Waals surface area contributed by atoms with E-state index >= 15 is 0 Å². The molecule has 170 valence electrons. The molecular formula is C28H28FNO3. The van der Waals surface area contributed by atoms with Crippen LogP contribution in [0.25, 0.3) is 22.3 Å². The lowest BCUT2D eigenvalue weighted by Crippen LogP contribution is -2.31. The molecule has 4 aromatic rings. The molecule has 0 atom stereocenters. The van der Waals surface area contributed by atoms with E-state index in [1.54, 1.807) is 12.1 Å². The molecule has 0 N–H and O–H groups in total. The average Bonchev–Trinajstić information content (AvgIpc) is 3.28. The summed E-state index contributed by atoms with van der Waals surface area (Å²) in [5.41, 5.74) is 1.78. The topological polar surface area (TPSA) is 34.8 Å². The lowest BCUT2D eigenvalue weighted by Gasteiger charge is -2.26. The highest BCUT2D eigenvalue weighted by Gasteiger charge is 2.10. The van der Waals surface area contributed by atoms with Crippen LogP contribution in [-0.2, 0) is 0 Å². The lowest BCUT2D eigenvalue weighted by molar-refractivity contribution is 0.205. The third-order valence-corrected chi connectivity index (χ3v) is 6.01. The maximum absolute atomic E-state index is 13.1. The van der Waals surface area contributed by atoms with Crippen molar-refractivity contribution in [3.63, 3.8) is 0 Å². The van der Waals surface area contributed by atoms with E-state index in [1.807, 2.05) is 48.5 Å². The minimum atomic E-state index is -0.286. The molecule has 5 heteroatoms. The van der Waals surface area contributed by atoms with Gasteiger partial charge in [-0.25, -0.2) is 4.39 Å². The molecule has 1 aromatic heterocycles. The summed E-state index contributed by atoms with van der Waals surface area (Å²) >= 11 is 0. The van der Waals surface area contributed by atoms with Crippen molar-refractivity contribution in [2.75, 3.05) is 26.2 Å². The van der Waals surface area contributed by atoms with Crippen LogP contribution in [0.15, 0.2) is 77.2 Å². The zero-order valence-electron chi connectivity index (χ0n) is 18.6. The van der Waals surface area contributed by atoms with Crippen molar-refractivity contribution in [1.29, 1.82) is 0 Å². The molecule has 0 spiro atoms. The summed E-state index contributed by atoms with van der Waals surface area (Å²) in [6, 6.07) is 21.7. The second kappa shape index (κ2) is 10.1. The predicted molar refractivity (Wildman–Crippen MR) is 129 cm³/mol. The van der Waals surface area contributed by atoms with Crippen molar-refractivity contribution in [1.82, 2.24) is 4.90 Å². The van der Waals surface area contributed by atoms with Crippen molar-refractivity contribution < 1.29 is 18.3 Å². The Labute approximate surface area is 193 Å². The average molecular weight is 446 g/mol. The van der Waals surface area contributed by atoms with Crippen molar-refractivity contribution >= 4 is 11.0 Å². The standard InChI is InChI=1S/C28H28FNO3/c29-23-7-11-25(12-8-23)32-26-13-14-27-22(19-26)20-28(33-27)21-5-9-24(10-6-21)31-18-4-17-30-15-2-1-3-16-30/h5-14,19-20H,1-4,15-18H2. The van der Waals surface area contributed by atoms with Crippen LogP contribution in [0, 0.1) is 5.82 Å². The van der Waals surface area contributed by atoms with Gasteiger partial charge in [-0.15, -0.1) is 0 Å². The second-order valence-corrected chi connectivity index (χ2v) is 8.49. The molecule has 0 bridgehead atoms. The number of ether oxygens (including phenoxy) is 2. The predicted octanol–water partition coefficient (Wildman–Crippen LogP) is 7.29. The first-order valence-corrected chi connectivity index (χ1v) is 11.7. The Balaban J connectivity index is 1.19. The quantitative estimate of drug-likeness (QED) is 0.267. The Morgan fingerprint density at radius 2 is 1.52 bits per heavy atom. The molecule has 5 rings (SSSR count). The van der Waals surface area contributed by atoms with Crippen LogP contribution < -0.4 is 9.47 Å². The minimum Gasteiger partial charge on any atom is -0.494 e. The number of benzene rings is 3. The monoisotopic (exact) mass is 445 g/mol. The van der Waals surface area contributed by atoms with Crippen LogP contribution in [0.2, 0.25) is 0 Å². The van der Waals surface area contributed by atoms with Gasteiger partial charge in [0.25, 0.3) is 0 Å². The molecule has 1 aliphatic rings. The second-order valence-electron chi connectivity index (χ2n) is 8.49. The zero-order valence-corrected chi connectivity index (χ0v) is 18.6. The van der Waals surface area contributed by atoms with Crippen LogP contribution in [-0.4, -0.2) is 31.1 Å². The minimum absolute atomic E-state index is 0.286. The van der Waals surface area contributed by atoms with E-state index in [0.717, 1.165) is 47.6 Å². The molecule has 0 aliphatic carbocycles. The molecule has 1 aliphatic heterocycles. The van der Waals surface area contributed by atoms with Crippen molar-refractivity contribution in [2.24, 2.45) is 0 Å². The van der Waals surface area contributed by atoms with Crippen molar-refractivity contribution in [2.45, 2.75) is 25.7 Å². The van der Waals surface area contributed by atoms with E-state index in [1.165, 1.54) is 44.5 Å². The van der Waals surface area contributed by atoms with Gasteiger partial charge in [-0.1, -0.05) is 6.42 Å². The largest absolute Gasteiger partial charge is 0.494 e. The van der Waals surface area contributed by atoms with Crippen LogP contribution in [0.5, 0.6) is 17.2 Å². The fraction of sp³-hybridized carbons (Fsp3) is 0.286. The van der Waals surface area contributed by atoms with E-state index in [2.05, 4.69) is 4.90 Å². The Bertz CT molecular complexity index is 1180. The van der Waals surface area contributed by atoms with Gasteiger partial charge in [0.05, 0.1) is 6.61 Å². The molecule has 1 fully saturated rings. The fourth-order valence-electron chi connectivity index (χ4n) is 4.24. The summed E-state index contributed by atoms with van der Waals surface area (Å²) in [5, 5.41) is 0.947. The molecule has 33 heavy (non-hydrogen) atoms. The van der Waals surface area contributed by atoms with Crippen LogP contribution in [0.1, 0.15) is 25.7 Å². The summed E-state index contributed by atoms with van der Waals surface area (Å²) in [7, 11) is 0. The van der Waals surface area contributed by atoms with Gasteiger partial charge in [0.1, 0.15) is 34.4 Å². The number of likely N-dealkylation sites (tertiary alicyclic amines) is 1. The highest BCUT2D eigenvalue weighted by molar-refractivity contribution is 5.84. The highest BCUT2D eigenvalue weighted by Crippen LogP contribution is 2.32. The van der Waals surface area contributed by atoms with Gasteiger partial charge < -0.3 is 18.8 Å². The number of halogens is 1. The lowest BCUT2D eigenvalue weighted by atomic mass is 10.1. The summed E-state index contributed by atoms with van der Waals surface area (Å²) in [6.07, 6.45) is 5.07. The number of nitrogens with zero attached hydrogens (tertiary/aromatic N) is 1. The zero-order chi connectivity index (χ0) is 22.5. The van der Waals surface area contributed by atoms with E-state index in [-0.39, 0.29) is 5.82 Å². The van der Waals surface area contributed by atoms with Gasteiger partial charge in [-0.2, -0.15) is 0 Å². The van der Waals surface area contributed by atoms with E-state index in [0.29, 0.717) is 11.5 Å². The number of fused-ring (bicyclic) bond motifs is 1. The molecule has 4 nitrogen and oxygen atoms in total. The molecule has 0 radical (unpaired) electrons. The van der Waals surface area contributed by atoms with E-state index in [4.69, 9.17) is 13.9 Å². The first-order chi connectivity index (χ1) is 16.2. The van der Waals surface area contributed by atoms with Gasteiger partial charge in [0, 0.05) is 17.5 Å². The maximum Gasteiger partial charge on any atom is 0.135 e. The number of hydrogen-bond acceptors (Lipinski definition) is 4. The summed E-state index contributed by atoms with van der Waals surface area (Å²) in [5.74, 6) is 2.65. The van der Waals surface area contributed by atoms with Crippen LogP contribution >= 0.6 is 0 Å². The Morgan fingerprint density at radius 3 is 2.30 bits per heavy atom. The van der Waals surface area contributed by atoms with E-state index in [9.17, 15) is 4.39 Å². The van der Waals surface area contributed by atoms with Crippen LogP contribution in [0.3, 0.4) is 0 Å². The molecule has 1 saturated heterocycles. The molecule has 0 unspecified atom stereocenters. The molecule has 0 amide bonds. The first-order valence-electron chi connectivity index (χ1n) is 11.7. The van der Waals surface area contributed by atoms with Gasteiger partial charge in [0.15, 0.2) is 0 Å². The molecular weight excluding hydrogens is 417 g/mol. The molecule has 0 saturated carbocycles. The summed E-state index contributed by atoms with van der Waals surface area (Å²) in [6.45, 7) is 4.30. The van der Waals surface area contributed by atoms with Crippen molar-refractivity contribution in [3.05, 3.63) is 78.6 Å². The smallest absolute Gasteiger partial charge is 0.135 e. The Kier molecular flexibility index (Phi) is 6.58. The van der Waals surface area contributed by atoms with Gasteiger partial charge in [-0.05, 0) is 105 Å². The number of rotatable bonds is 8. The summed E-state index contributed by atoms with van der Waals surface area (Å²) < 4.78 is 30.9. The SMILES string of the molecule is Fc1ccc(Oc2ccc3oc(-c4ccc(OCCCN5CCCCC5)cc4)cc3c2)cc1.